The van der Waals surface area contributed by atoms with E-state index in [1.54, 1.807) is 0 Å². The lowest BCUT2D eigenvalue weighted by molar-refractivity contribution is -0.135. The van der Waals surface area contributed by atoms with Gasteiger partial charge in [0, 0.05) is 19.6 Å². The molecule has 0 spiro atoms. The van der Waals surface area contributed by atoms with Gasteiger partial charge in [0.2, 0.25) is 5.91 Å². The van der Waals surface area contributed by atoms with Gasteiger partial charge in [0.1, 0.15) is 0 Å². The molecule has 108 valence electrons. The Hall–Kier alpha value is -0.610. The molecule has 0 aromatic rings. The van der Waals surface area contributed by atoms with E-state index in [0.717, 1.165) is 19.6 Å². The van der Waals surface area contributed by atoms with Crippen molar-refractivity contribution in [3.8, 4) is 0 Å². The molecule has 0 aromatic carbocycles. The fourth-order valence-corrected chi connectivity index (χ4v) is 1.62. The van der Waals surface area contributed by atoms with Crippen LogP contribution in [0.3, 0.4) is 0 Å². The zero-order valence-electron chi connectivity index (χ0n) is 13.2. The van der Waals surface area contributed by atoms with Gasteiger partial charge in [-0.25, -0.2) is 0 Å². The first-order valence-corrected chi connectivity index (χ1v) is 6.74. The first-order valence-electron chi connectivity index (χ1n) is 6.74. The van der Waals surface area contributed by atoms with Crippen molar-refractivity contribution >= 4 is 5.91 Å². The normalized spacial score (nSPS) is 14.1. The van der Waals surface area contributed by atoms with E-state index in [0.29, 0.717) is 5.92 Å². The molecule has 0 rings (SSSR count). The van der Waals surface area contributed by atoms with Crippen molar-refractivity contribution < 1.29 is 4.79 Å². The Labute approximate surface area is 113 Å². The second kappa shape index (κ2) is 7.10. The Kier molecular flexibility index (Phi) is 6.86. The molecular weight excluding hydrogens is 226 g/mol. The lowest BCUT2D eigenvalue weighted by atomic mass is 9.86. The summed E-state index contributed by atoms with van der Waals surface area (Å²) >= 11 is 0. The molecule has 4 heteroatoms. The van der Waals surface area contributed by atoms with E-state index in [-0.39, 0.29) is 11.3 Å². The molecule has 0 fully saturated rings. The van der Waals surface area contributed by atoms with Gasteiger partial charge in [-0.15, -0.1) is 0 Å². The Morgan fingerprint density at radius 3 is 2.00 bits per heavy atom. The number of carbonyl (C=O) groups excluding carboxylic acids is 1. The number of hydrogen-bond donors (Lipinski definition) is 1. The molecule has 0 aliphatic rings. The maximum atomic E-state index is 12.4. The van der Waals surface area contributed by atoms with Crippen molar-refractivity contribution in [3.63, 3.8) is 0 Å². The average molecular weight is 257 g/mol. The summed E-state index contributed by atoms with van der Waals surface area (Å²) in [4.78, 5) is 16.4. The van der Waals surface area contributed by atoms with E-state index in [1.807, 2.05) is 39.8 Å². The maximum Gasteiger partial charge on any atom is 0.240 e. The van der Waals surface area contributed by atoms with E-state index >= 15 is 0 Å². The number of hydrogen-bond acceptors (Lipinski definition) is 3. The third-order valence-electron chi connectivity index (χ3n) is 2.91. The van der Waals surface area contributed by atoms with Gasteiger partial charge in [0.05, 0.1) is 6.04 Å². The van der Waals surface area contributed by atoms with Crippen LogP contribution in [-0.2, 0) is 4.79 Å². The molecule has 0 bridgehead atoms. The third-order valence-corrected chi connectivity index (χ3v) is 2.91. The van der Waals surface area contributed by atoms with Crippen molar-refractivity contribution in [1.29, 1.82) is 0 Å². The van der Waals surface area contributed by atoms with Gasteiger partial charge in [-0.05, 0) is 25.4 Å². The number of amides is 1. The van der Waals surface area contributed by atoms with Crippen molar-refractivity contribution in [2.75, 3.05) is 33.7 Å². The van der Waals surface area contributed by atoms with Gasteiger partial charge >= 0.3 is 0 Å². The van der Waals surface area contributed by atoms with E-state index in [9.17, 15) is 4.79 Å². The molecule has 0 unspecified atom stereocenters. The van der Waals surface area contributed by atoms with E-state index < -0.39 is 6.04 Å². The first-order chi connectivity index (χ1) is 8.05. The van der Waals surface area contributed by atoms with Crippen LogP contribution in [0.15, 0.2) is 0 Å². The average Bonchev–Trinajstić information content (AvgIpc) is 2.20. The van der Waals surface area contributed by atoms with Crippen LogP contribution in [0.2, 0.25) is 0 Å². The zero-order valence-corrected chi connectivity index (χ0v) is 13.2. The van der Waals surface area contributed by atoms with Crippen LogP contribution >= 0.6 is 0 Å². The van der Waals surface area contributed by atoms with Gasteiger partial charge in [-0.3, -0.25) is 4.79 Å². The molecule has 0 saturated heterocycles. The first kappa shape index (κ1) is 17.4. The highest BCUT2D eigenvalue weighted by Crippen LogP contribution is 2.19. The molecule has 0 heterocycles. The lowest BCUT2D eigenvalue weighted by Gasteiger charge is -2.33. The summed E-state index contributed by atoms with van der Waals surface area (Å²) in [5.41, 5.74) is 5.88. The molecule has 18 heavy (non-hydrogen) atoms. The van der Waals surface area contributed by atoms with Crippen LogP contribution < -0.4 is 5.73 Å². The number of nitrogens with two attached hydrogens (primary N) is 1. The summed E-state index contributed by atoms with van der Waals surface area (Å²) in [5, 5.41) is 0. The van der Waals surface area contributed by atoms with E-state index in [1.165, 1.54) is 0 Å². The molecule has 1 amide bonds. The predicted octanol–water partition coefficient (Wildman–Crippen LogP) is 1.41. The Balaban J connectivity index is 4.68. The smallest absolute Gasteiger partial charge is 0.240 e. The molecule has 0 aliphatic heterocycles. The van der Waals surface area contributed by atoms with Crippen LogP contribution in [0.1, 0.15) is 34.6 Å². The second-order valence-electron chi connectivity index (χ2n) is 6.83. The highest BCUT2D eigenvalue weighted by Gasteiger charge is 2.31. The SMILES string of the molecule is CC(C)CN(CCN(C)C)C(=O)[C@H](N)C(C)(C)C. The van der Waals surface area contributed by atoms with Gasteiger partial charge in [-0.1, -0.05) is 34.6 Å². The van der Waals surface area contributed by atoms with Gasteiger partial charge < -0.3 is 15.5 Å². The summed E-state index contributed by atoms with van der Waals surface area (Å²) in [6, 6.07) is -0.432. The second-order valence-corrected chi connectivity index (χ2v) is 6.83. The molecule has 0 saturated carbocycles. The Morgan fingerprint density at radius 1 is 1.17 bits per heavy atom. The van der Waals surface area contributed by atoms with E-state index in [2.05, 4.69) is 18.7 Å². The van der Waals surface area contributed by atoms with Crippen LogP contribution in [-0.4, -0.2) is 55.5 Å². The minimum Gasteiger partial charge on any atom is -0.340 e. The van der Waals surface area contributed by atoms with Crippen LogP contribution in [0.4, 0.5) is 0 Å². The number of rotatable bonds is 6. The van der Waals surface area contributed by atoms with Gasteiger partial charge in [-0.2, -0.15) is 0 Å². The Bertz CT molecular complexity index is 256. The fraction of sp³-hybridized carbons (Fsp3) is 0.929. The quantitative estimate of drug-likeness (QED) is 0.782. The fourth-order valence-electron chi connectivity index (χ4n) is 1.62. The molecular formula is C14H31N3O. The molecule has 0 radical (unpaired) electrons. The number of carbonyl (C=O) groups is 1. The van der Waals surface area contributed by atoms with Crippen molar-refractivity contribution in [3.05, 3.63) is 0 Å². The van der Waals surface area contributed by atoms with Gasteiger partial charge in [0.25, 0.3) is 0 Å². The highest BCUT2D eigenvalue weighted by atomic mass is 16.2. The predicted molar refractivity (Wildman–Crippen MR) is 77.4 cm³/mol. The lowest BCUT2D eigenvalue weighted by Crippen LogP contribution is -2.52. The van der Waals surface area contributed by atoms with Crippen molar-refractivity contribution in [1.82, 2.24) is 9.80 Å². The standard InChI is InChI=1S/C14H31N3O/c1-11(2)10-17(9-8-16(6)7)13(18)12(15)14(3,4)5/h11-12H,8-10,15H2,1-7H3/t12-/m0/s1. The summed E-state index contributed by atoms with van der Waals surface area (Å²) < 4.78 is 0. The topological polar surface area (TPSA) is 49.6 Å². The van der Waals surface area contributed by atoms with Crippen LogP contribution in [0.25, 0.3) is 0 Å². The molecule has 4 nitrogen and oxygen atoms in total. The zero-order chi connectivity index (χ0) is 14.5. The maximum absolute atomic E-state index is 12.4. The minimum atomic E-state index is -0.432. The summed E-state index contributed by atoms with van der Waals surface area (Å²) in [5.74, 6) is 0.529. The molecule has 0 aromatic heterocycles. The summed E-state index contributed by atoms with van der Waals surface area (Å²) in [6.45, 7) is 12.7. The summed E-state index contributed by atoms with van der Waals surface area (Å²) in [6.07, 6.45) is 0. The van der Waals surface area contributed by atoms with Gasteiger partial charge in [0.15, 0.2) is 0 Å². The minimum absolute atomic E-state index is 0.0676. The van der Waals surface area contributed by atoms with Crippen LogP contribution in [0, 0.1) is 11.3 Å². The third kappa shape index (κ3) is 6.36. The van der Waals surface area contributed by atoms with Crippen molar-refractivity contribution in [2.45, 2.75) is 40.7 Å². The highest BCUT2D eigenvalue weighted by molar-refractivity contribution is 5.82. The molecule has 1 atom stereocenters. The van der Waals surface area contributed by atoms with E-state index in [4.69, 9.17) is 5.73 Å². The van der Waals surface area contributed by atoms with Crippen molar-refractivity contribution in [2.24, 2.45) is 17.1 Å². The largest absolute Gasteiger partial charge is 0.340 e. The molecule has 0 aliphatic carbocycles. The monoisotopic (exact) mass is 257 g/mol. The van der Waals surface area contributed by atoms with Crippen LogP contribution in [0.5, 0.6) is 0 Å². The summed E-state index contributed by atoms with van der Waals surface area (Å²) in [7, 11) is 4.03. The number of likely N-dealkylation sites (N-methyl/N-ethyl adjacent to an activating group) is 1. The molecule has 2 N–H and O–H groups in total. The number of nitrogens with zero attached hydrogens (tertiary/aromatic N) is 2. The Morgan fingerprint density at radius 2 is 1.67 bits per heavy atom.